The number of benzene rings is 1. The summed E-state index contributed by atoms with van der Waals surface area (Å²) in [4.78, 5) is 18.0. The Hall–Kier alpha value is -2.16. The highest BCUT2D eigenvalue weighted by atomic mass is 16.1. The van der Waals surface area contributed by atoms with Crippen molar-refractivity contribution in [1.82, 2.24) is 9.55 Å². The third-order valence-electron chi connectivity index (χ3n) is 9.31. The monoisotopic (exact) mass is 458 g/mol. The average molecular weight is 459 g/mol. The van der Waals surface area contributed by atoms with Crippen LogP contribution in [0.15, 0.2) is 42.5 Å². The standard InChI is InChI=1S/C31H42N2O/c1-22-7-6-8-25(14-11-22)26-15-12-24(21-26)13-16-30(34)31(3)19-17-27(18-20-31)33-23(2)32-28-9-4-5-10-29(28)33/h4-5,9-10,17-19,22,24-26H,6-8,11-16,20-21H2,1-3H3/t22?,24?,25?,26-,31?/m0/s1. The van der Waals surface area contributed by atoms with Crippen LogP contribution in [-0.2, 0) is 4.79 Å². The SMILES string of the molecule is Cc1nc2ccccc2n1C1=CCC(C)(C(=O)CCC2CC[C@H](C3CCCC(C)CC3)C2)C=C1. The van der Waals surface area contributed by atoms with Crippen LogP contribution in [0.5, 0.6) is 0 Å². The summed E-state index contributed by atoms with van der Waals surface area (Å²) in [5, 5.41) is 0. The van der Waals surface area contributed by atoms with Crippen LogP contribution in [0.1, 0.15) is 90.3 Å². The zero-order valence-electron chi connectivity index (χ0n) is 21.4. The lowest BCUT2D eigenvalue weighted by molar-refractivity contribution is -0.125. The van der Waals surface area contributed by atoms with Crippen molar-refractivity contribution >= 4 is 22.5 Å². The predicted molar refractivity (Wildman–Crippen MR) is 141 cm³/mol. The van der Waals surface area contributed by atoms with Crippen molar-refractivity contribution in [1.29, 1.82) is 0 Å². The minimum Gasteiger partial charge on any atom is -0.299 e. The number of imidazole rings is 1. The molecule has 0 spiro atoms. The smallest absolute Gasteiger partial charge is 0.142 e. The minimum absolute atomic E-state index is 0.372. The van der Waals surface area contributed by atoms with Gasteiger partial charge < -0.3 is 0 Å². The lowest BCUT2D eigenvalue weighted by Crippen LogP contribution is -2.27. The van der Waals surface area contributed by atoms with Crippen molar-refractivity contribution in [2.75, 3.05) is 0 Å². The third kappa shape index (κ3) is 4.81. The molecule has 1 heterocycles. The molecule has 3 heteroatoms. The number of carbonyl (C=O) groups is 1. The molecule has 3 aliphatic rings. The second-order valence-electron chi connectivity index (χ2n) is 11.8. The molecular weight excluding hydrogens is 416 g/mol. The van der Waals surface area contributed by atoms with E-state index < -0.39 is 0 Å². The molecule has 34 heavy (non-hydrogen) atoms. The van der Waals surface area contributed by atoms with Gasteiger partial charge in [0.05, 0.1) is 11.0 Å². The maximum absolute atomic E-state index is 13.3. The zero-order chi connectivity index (χ0) is 23.7. The third-order valence-corrected chi connectivity index (χ3v) is 9.31. The molecule has 3 nitrogen and oxygen atoms in total. The van der Waals surface area contributed by atoms with E-state index in [0.29, 0.717) is 5.78 Å². The van der Waals surface area contributed by atoms with Crippen molar-refractivity contribution in [3.8, 4) is 0 Å². The summed E-state index contributed by atoms with van der Waals surface area (Å²) < 4.78 is 2.21. The number of rotatable bonds is 6. The number of aromatic nitrogens is 2. The second kappa shape index (κ2) is 9.84. The fourth-order valence-electron chi connectivity index (χ4n) is 6.98. The Morgan fingerprint density at radius 3 is 2.74 bits per heavy atom. The maximum Gasteiger partial charge on any atom is 0.142 e. The number of fused-ring (bicyclic) bond motifs is 1. The number of nitrogens with zero attached hydrogens (tertiary/aromatic N) is 2. The molecule has 1 aromatic carbocycles. The molecule has 2 fully saturated rings. The average Bonchev–Trinajstić information content (AvgIpc) is 3.37. The van der Waals surface area contributed by atoms with Gasteiger partial charge in [0.2, 0.25) is 0 Å². The molecule has 2 aromatic rings. The zero-order valence-corrected chi connectivity index (χ0v) is 21.4. The minimum atomic E-state index is -0.372. The fourth-order valence-corrected chi connectivity index (χ4v) is 6.98. The normalized spacial score (nSPS) is 32.0. The molecule has 5 atom stereocenters. The molecule has 182 valence electrons. The molecule has 2 saturated carbocycles. The van der Waals surface area contributed by atoms with E-state index in [0.717, 1.165) is 65.5 Å². The van der Waals surface area contributed by atoms with Crippen LogP contribution in [0.3, 0.4) is 0 Å². The lowest BCUT2D eigenvalue weighted by Gasteiger charge is -2.28. The first-order valence-corrected chi connectivity index (χ1v) is 13.8. The predicted octanol–water partition coefficient (Wildman–Crippen LogP) is 8.13. The summed E-state index contributed by atoms with van der Waals surface area (Å²) in [5.74, 6) is 4.97. The maximum atomic E-state index is 13.3. The van der Waals surface area contributed by atoms with Gasteiger partial charge in [0.25, 0.3) is 0 Å². The number of para-hydroxylation sites is 2. The van der Waals surface area contributed by atoms with Gasteiger partial charge in [-0.2, -0.15) is 0 Å². The van der Waals surface area contributed by atoms with E-state index in [9.17, 15) is 4.79 Å². The topological polar surface area (TPSA) is 34.9 Å². The van der Waals surface area contributed by atoms with E-state index in [2.05, 4.69) is 61.8 Å². The van der Waals surface area contributed by atoms with Crippen LogP contribution >= 0.6 is 0 Å². The fraction of sp³-hybridized carbons (Fsp3) is 0.613. The number of hydrogen-bond donors (Lipinski definition) is 0. The Morgan fingerprint density at radius 1 is 1.09 bits per heavy atom. The van der Waals surface area contributed by atoms with Crippen LogP contribution in [0.4, 0.5) is 0 Å². The molecule has 0 saturated heterocycles. The number of carbonyl (C=O) groups excluding carboxylic acids is 1. The van der Waals surface area contributed by atoms with E-state index >= 15 is 0 Å². The van der Waals surface area contributed by atoms with Gasteiger partial charge in [-0.15, -0.1) is 0 Å². The molecular formula is C31H42N2O. The van der Waals surface area contributed by atoms with Crippen molar-refractivity contribution in [2.45, 2.75) is 91.4 Å². The van der Waals surface area contributed by atoms with Crippen molar-refractivity contribution in [3.63, 3.8) is 0 Å². The van der Waals surface area contributed by atoms with Gasteiger partial charge in [-0.25, -0.2) is 4.98 Å². The Labute approximate surface area is 205 Å². The van der Waals surface area contributed by atoms with Gasteiger partial charge >= 0.3 is 0 Å². The number of aryl methyl sites for hydroxylation is 1. The van der Waals surface area contributed by atoms with E-state index in [4.69, 9.17) is 4.98 Å². The Kier molecular flexibility index (Phi) is 6.82. The largest absolute Gasteiger partial charge is 0.299 e. The number of ketones is 1. The van der Waals surface area contributed by atoms with Crippen LogP contribution < -0.4 is 0 Å². The van der Waals surface area contributed by atoms with Gasteiger partial charge in [-0.3, -0.25) is 9.36 Å². The summed E-state index contributed by atoms with van der Waals surface area (Å²) in [6.07, 6.45) is 20.4. The van der Waals surface area contributed by atoms with Crippen LogP contribution in [-0.4, -0.2) is 15.3 Å². The lowest BCUT2D eigenvalue weighted by atomic mass is 9.76. The quantitative estimate of drug-likeness (QED) is 0.409. The summed E-state index contributed by atoms with van der Waals surface area (Å²) >= 11 is 0. The Bertz CT molecular complexity index is 1090. The molecule has 5 rings (SSSR count). The number of allylic oxidation sites excluding steroid dienone is 4. The van der Waals surface area contributed by atoms with Gasteiger partial charge in [0.1, 0.15) is 11.6 Å². The van der Waals surface area contributed by atoms with Crippen LogP contribution in [0, 0.1) is 36.0 Å². The molecule has 3 aliphatic carbocycles. The molecule has 0 aliphatic heterocycles. The summed E-state index contributed by atoms with van der Waals surface area (Å²) in [5.41, 5.74) is 2.91. The highest BCUT2D eigenvalue weighted by molar-refractivity contribution is 5.89. The van der Waals surface area contributed by atoms with Gasteiger partial charge in [-0.05, 0) is 87.8 Å². The van der Waals surface area contributed by atoms with E-state index in [1.165, 1.54) is 51.4 Å². The van der Waals surface area contributed by atoms with Crippen molar-refractivity contribution in [2.24, 2.45) is 29.1 Å². The van der Waals surface area contributed by atoms with E-state index in [1.807, 2.05) is 6.07 Å². The molecule has 4 unspecified atom stereocenters. The highest BCUT2D eigenvalue weighted by Gasteiger charge is 2.35. The first-order chi connectivity index (χ1) is 16.4. The summed E-state index contributed by atoms with van der Waals surface area (Å²) in [7, 11) is 0. The molecule has 0 N–H and O–H groups in total. The first kappa shape index (κ1) is 23.6. The number of Topliss-reactive ketones (excluding diaryl/α,β-unsaturated/α-hetero) is 1. The molecule has 0 amide bonds. The highest BCUT2D eigenvalue weighted by Crippen LogP contribution is 2.44. The Morgan fingerprint density at radius 2 is 1.91 bits per heavy atom. The Balaban J connectivity index is 1.16. The summed E-state index contributed by atoms with van der Waals surface area (Å²) in [6.45, 7) is 6.61. The molecule has 0 bridgehead atoms. The second-order valence-corrected chi connectivity index (χ2v) is 11.8. The van der Waals surface area contributed by atoms with Gasteiger partial charge in [0.15, 0.2) is 0 Å². The van der Waals surface area contributed by atoms with Crippen molar-refractivity contribution < 1.29 is 4.79 Å². The van der Waals surface area contributed by atoms with Crippen LogP contribution in [0.2, 0.25) is 0 Å². The van der Waals surface area contributed by atoms with E-state index in [-0.39, 0.29) is 5.41 Å². The number of hydrogen-bond acceptors (Lipinski definition) is 2. The first-order valence-electron chi connectivity index (χ1n) is 13.8. The molecule has 0 radical (unpaired) electrons. The van der Waals surface area contributed by atoms with Gasteiger partial charge in [0, 0.05) is 17.5 Å². The molecule has 1 aromatic heterocycles. The van der Waals surface area contributed by atoms with E-state index in [1.54, 1.807) is 0 Å². The van der Waals surface area contributed by atoms with Crippen LogP contribution in [0.25, 0.3) is 16.7 Å². The van der Waals surface area contributed by atoms with Gasteiger partial charge in [-0.1, -0.05) is 63.3 Å². The van der Waals surface area contributed by atoms with Crippen molar-refractivity contribution in [3.05, 3.63) is 48.3 Å². The summed E-state index contributed by atoms with van der Waals surface area (Å²) in [6, 6.07) is 8.27.